The van der Waals surface area contributed by atoms with E-state index in [1.165, 1.54) is 19.3 Å². The van der Waals surface area contributed by atoms with Crippen molar-refractivity contribution in [3.05, 3.63) is 77.0 Å². The van der Waals surface area contributed by atoms with Gasteiger partial charge in [0.15, 0.2) is 0 Å². The molecule has 1 aliphatic rings. The number of nitrogens with one attached hydrogen (secondary N) is 2. The van der Waals surface area contributed by atoms with Crippen molar-refractivity contribution in [3.8, 4) is 5.75 Å². The number of carbonyl (C=O) groups is 2. The second-order valence-corrected chi connectivity index (χ2v) is 7.93. The van der Waals surface area contributed by atoms with Gasteiger partial charge < -0.3 is 20.1 Å². The number of ether oxygens (including phenoxy) is 2. The molecule has 0 saturated carbocycles. The number of hydrogen-bond donors (Lipinski definition) is 2. The van der Waals surface area contributed by atoms with Gasteiger partial charge in [0.1, 0.15) is 12.4 Å². The zero-order valence-corrected chi connectivity index (χ0v) is 18.9. The van der Waals surface area contributed by atoms with E-state index in [0.717, 1.165) is 24.0 Å². The fourth-order valence-corrected chi connectivity index (χ4v) is 3.74. The lowest BCUT2D eigenvalue weighted by atomic mass is 9.95. The maximum Gasteiger partial charge on any atom is 0.338 e. The molecule has 1 aliphatic heterocycles. The molecule has 170 valence electrons. The van der Waals surface area contributed by atoms with Crippen molar-refractivity contribution < 1.29 is 19.1 Å². The summed E-state index contributed by atoms with van der Waals surface area (Å²) in [6.07, 6.45) is 5.72. The summed E-state index contributed by atoms with van der Waals surface area (Å²) < 4.78 is 11.6. The van der Waals surface area contributed by atoms with E-state index in [2.05, 4.69) is 17.6 Å². The third-order valence-corrected chi connectivity index (χ3v) is 5.44. The van der Waals surface area contributed by atoms with Crippen LogP contribution in [0.2, 0.25) is 0 Å². The van der Waals surface area contributed by atoms with Gasteiger partial charge in [-0.1, -0.05) is 81.1 Å². The van der Waals surface area contributed by atoms with Crippen LogP contribution in [0.5, 0.6) is 5.75 Å². The first-order chi connectivity index (χ1) is 15.6. The molecule has 1 heterocycles. The average Bonchev–Trinajstić information content (AvgIpc) is 2.80. The molecule has 6 nitrogen and oxygen atoms in total. The van der Waals surface area contributed by atoms with Crippen molar-refractivity contribution in [1.29, 1.82) is 0 Å². The first kappa shape index (κ1) is 23.4. The highest BCUT2D eigenvalue weighted by Gasteiger charge is 2.33. The van der Waals surface area contributed by atoms with Crippen LogP contribution in [0.25, 0.3) is 0 Å². The molecule has 2 aromatic carbocycles. The second kappa shape index (κ2) is 11.9. The number of amides is 2. The summed E-state index contributed by atoms with van der Waals surface area (Å²) in [7, 11) is 0. The summed E-state index contributed by atoms with van der Waals surface area (Å²) in [5.41, 5.74) is 2.49. The number of allylic oxidation sites excluding steroid dienone is 1. The van der Waals surface area contributed by atoms with Crippen LogP contribution >= 0.6 is 0 Å². The summed E-state index contributed by atoms with van der Waals surface area (Å²) in [5, 5.41) is 5.55. The summed E-state index contributed by atoms with van der Waals surface area (Å²) in [6.45, 7) is 4.66. The first-order valence-corrected chi connectivity index (χ1v) is 11.3. The lowest BCUT2D eigenvalue weighted by Gasteiger charge is -2.29. The Labute approximate surface area is 190 Å². The van der Waals surface area contributed by atoms with Crippen LogP contribution in [0.1, 0.15) is 63.1 Å². The Morgan fingerprint density at radius 1 is 0.969 bits per heavy atom. The van der Waals surface area contributed by atoms with Crippen LogP contribution in [-0.4, -0.2) is 18.6 Å². The summed E-state index contributed by atoms with van der Waals surface area (Å²) in [4.78, 5) is 25.3. The van der Waals surface area contributed by atoms with Gasteiger partial charge in [0, 0.05) is 11.3 Å². The van der Waals surface area contributed by atoms with Crippen molar-refractivity contribution in [2.24, 2.45) is 0 Å². The number of unbranched alkanes of at least 4 members (excludes halogenated alkanes) is 4. The Bertz CT molecular complexity index is 940. The number of esters is 1. The Morgan fingerprint density at radius 2 is 1.69 bits per heavy atom. The van der Waals surface area contributed by atoms with E-state index in [1.807, 2.05) is 54.6 Å². The van der Waals surface area contributed by atoms with E-state index in [1.54, 1.807) is 6.92 Å². The van der Waals surface area contributed by atoms with Gasteiger partial charge in [0.25, 0.3) is 0 Å². The van der Waals surface area contributed by atoms with Gasteiger partial charge >= 0.3 is 12.0 Å². The Kier molecular flexibility index (Phi) is 8.72. The SMILES string of the molecule is CCCCCCCOc1ccccc1C1NC(=O)NC(C)=C1C(=O)OCc1ccccc1. The smallest absolute Gasteiger partial charge is 0.338 e. The molecule has 0 aliphatic carbocycles. The zero-order valence-electron chi connectivity index (χ0n) is 18.9. The molecule has 3 rings (SSSR count). The normalized spacial score (nSPS) is 15.7. The summed E-state index contributed by atoms with van der Waals surface area (Å²) in [6, 6.07) is 16.0. The fourth-order valence-electron chi connectivity index (χ4n) is 3.74. The molecule has 0 spiro atoms. The van der Waals surface area contributed by atoms with E-state index >= 15 is 0 Å². The lowest BCUT2D eigenvalue weighted by Crippen LogP contribution is -2.45. The first-order valence-electron chi connectivity index (χ1n) is 11.3. The molecular formula is C26H32N2O4. The molecular weight excluding hydrogens is 404 g/mol. The van der Waals surface area contributed by atoms with E-state index in [9.17, 15) is 9.59 Å². The van der Waals surface area contributed by atoms with Gasteiger partial charge in [0.05, 0.1) is 18.2 Å². The van der Waals surface area contributed by atoms with Gasteiger partial charge in [-0.2, -0.15) is 0 Å². The molecule has 1 unspecified atom stereocenters. The van der Waals surface area contributed by atoms with E-state index in [0.29, 0.717) is 23.6 Å². The summed E-state index contributed by atoms with van der Waals surface area (Å²) in [5.74, 6) is 0.189. The molecule has 6 heteroatoms. The molecule has 0 saturated heterocycles. The van der Waals surface area contributed by atoms with Gasteiger partial charge in [-0.15, -0.1) is 0 Å². The Morgan fingerprint density at radius 3 is 2.47 bits per heavy atom. The predicted molar refractivity (Wildman–Crippen MR) is 124 cm³/mol. The molecule has 0 radical (unpaired) electrons. The predicted octanol–water partition coefficient (Wildman–Crippen LogP) is 5.41. The highest BCUT2D eigenvalue weighted by molar-refractivity contribution is 5.95. The Hall–Kier alpha value is -3.28. The third-order valence-electron chi connectivity index (χ3n) is 5.44. The number of benzene rings is 2. The second-order valence-electron chi connectivity index (χ2n) is 7.93. The van der Waals surface area contributed by atoms with Gasteiger partial charge in [-0.3, -0.25) is 0 Å². The molecule has 2 amide bonds. The van der Waals surface area contributed by atoms with E-state index in [4.69, 9.17) is 9.47 Å². The zero-order chi connectivity index (χ0) is 22.8. The lowest BCUT2D eigenvalue weighted by molar-refractivity contribution is -0.140. The van der Waals surface area contributed by atoms with Crippen molar-refractivity contribution in [1.82, 2.24) is 10.6 Å². The minimum atomic E-state index is -0.650. The molecule has 0 fully saturated rings. The number of urea groups is 1. The van der Waals surface area contributed by atoms with Crippen LogP contribution in [0, 0.1) is 0 Å². The van der Waals surface area contributed by atoms with Crippen LogP contribution < -0.4 is 15.4 Å². The summed E-state index contributed by atoms with van der Waals surface area (Å²) >= 11 is 0. The number of para-hydroxylation sites is 1. The third kappa shape index (κ3) is 6.36. The Balaban J connectivity index is 1.75. The monoisotopic (exact) mass is 436 g/mol. The van der Waals surface area contributed by atoms with Gasteiger partial charge in [-0.25, -0.2) is 9.59 Å². The van der Waals surface area contributed by atoms with Crippen molar-refractivity contribution >= 4 is 12.0 Å². The van der Waals surface area contributed by atoms with Crippen LogP contribution in [0.15, 0.2) is 65.9 Å². The van der Waals surface area contributed by atoms with Crippen LogP contribution in [-0.2, 0) is 16.1 Å². The van der Waals surface area contributed by atoms with Crippen molar-refractivity contribution in [3.63, 3.8) is 0 Å². The largest absolute Gasteiger partial charge is 0.493 e. The molecule has 1 atom stereocenters. The van der Waals surface area contributed by atoms with Gasteiger partial charge in [-0.05, 0) is 25.0 Å². The minimum Gasteiger partial charge on any atom is -0.493 e. The molecule has 2 N–H and O–H groups in total. The van der Waals surface area contributed by atoms with Gasteiger partial charge in [0.2, 0.25) is 0 Å². The maximum atomic E-state index is 13.0. The van der Waals surface area contributed by atoms with Crippen molar-refractivity contribution in [2.75, 3.05) is 6.61 Å². The fraction of sp³-hybridized carbons (Fsp3) is 0.385. The quantitative estimate of drug-likeness (QED) is 0.365. The van der Waals surface area contributed by atoms with E-state index in [-0.39, 0.29) is 12.6 Å². The van der Waals surface area contributed by atoms with Crippen molar-refractivity contribution in [2.45, 2.75) is 58.6 Å². The van der Waals surface area contributed by atoms with Crippen LogP contribution in [0.3, 0.4) is 0 Å². The number of hydrogen-bond acceptors (Lipinski definition) is 4. The highest BCUT2D eigenvalue weighted by atomic mass is 16.5. The van der Waals surface area contributed by atoms with E-state index < -0.39 is 12.0 Å². The molecule has 0 bridgehead atoms. The number of carbonyl (C=O) groups excluding carboxylic acids is 2. The average molecular weight is 437 g/mol. The highest BCUT2D eigenvalue weighted by Crippen LogP contribution is 2.33. The molecule has 32 heavy (non-hydrogen) atoms. The minimum absolute atomic E-state index is 0.160. The topological polar surface area (TPSA) is 76.7 Å². The van der Waals surface area contributed by atoms with Crippen LogP contribution in [0.4, 0.5) is 4.79 Å². The molecule has 2 aromatic rings. The molecule has 0 aromatic heterocycles. The standard InChI is InChI=1S/C26H32N2O4/c1-3-4-5-6-12-17-31-22-16-11-10-15-21(22)24-23(19(2)27-26(30)28-24)25(29)32-18-20-13-8-7-9-14-20/h7-11,13-16,24H,3-6,12,17-18H2,1-2H3,(H2,27,28,30). The maximum absolute atomic E-state index is 13.0. The number of rotatable bonds is 11.